The van der Waals surface area contributed by atoms with E-state index in [4.69, 9.17) is 4.74 Å². The minimum Gasteiger partial charge on any atom is -0.497 e. The Hall–Kier alpha value is -2.63. The molecule has 0 amide bonds. The van der Waals surface area contributed by atoms with E-state index in [0.717, 1.165) is 17.1 Å². The molecular formula is C17H19N3O3. The van der Waals surface area contributed by atoms with Crippen molar-refractivity contribution >= 4 is 11.8 Å². The summed E-state index contributed by atoms with van der Waals surface area (Å²) in [5.74, 6) is 0.912. The lowest BCUT2D eigenvalue weighted by molar-refractivity contribution is -0.141. The SMILES string of the molecule is COc1ccc([C@@H]2CN(c3ccnc(C)n3)CC2C(=O)O)cc1. The predicted molar refractivity (Wildman–Crippen MR) is 85.8 cm³/mol. The van der Waals surface area contributed by atoms with Gasteiger partial charge in [-0.25, -0.2) is 9.97 Å². The van der Waals surface area contributed by atoms with Gasteiger partial charge in [0.1, 0.15) is 17.4 Å². The van der Waals surface area contributed by atoms with Crippen LogP contribution in [0.1, 0.15) is 17.3 Å². The molecule has 1 saturated heterocycles. The fourth-order valence-electron chi connectivity index (χ4n) is 3.05. The maximum atomic E-state index is 11.7. The minimum atomic E-state index is -0.779. The first kappa shape index (κ1) is 15.3. The highest BCUT2D eigenvalue weighted by Crippen LogP contribution is 2.35. The smallest absolute Gasteiger partial charge is 0.308 e. The summed E-state index contributed by atoms with van der Waals surface area (Å²) in [6.07, 6.45) is 1.70. The monoisotopic (exact) mass is 313 g/mol. The Bertz CT molecular complexity index is 702. The highest BCUT2D eigenvalue weighted by atomic mass is 16.5. The molecule has 0 bridgehead atoms. The molecule has 0 radical (unpaired) electrons. The number of rotatable bonds is 4. The number of hydrogen-bond acceptors (Lipinski definition) is 5. The lowest BCUT2D eigenvalue weighted by Crippen LogP contribution is -2.23. The molecule has 1 N–H and O–H groups in total. The van der Waals surface area contributed by atoms with Gasteiger partial charge in [0.2, 0.25) is 0 Å². The number of anilines is 1. The van der Waals surface area contributed by atoms with Gasteiger partial charge in [-0.3, -0.25) is 4.79 Å². The van der Waals surface area contributed by atoms with E-state index >= 15 is 0 Å². The molecule has 6 nitrogen and oxygen atoms in total. The first-order valence-corrected chi connectivity index (χ1v) is 7.50. The number of aliphatic carboxylic acids is 1. The molecular weight excluding hydrogens is 294 g/mol. The summed E-state index contributed by atoms with van der Waals surface area (Å²) in [6, 6.07) is 9.43. The van der Waals surface area contributed by atoms with Gasteiger partial charge in [0.25, 0.3) is 0 Å². The summed E-state index contributed by atoms with van der Waals surface area (Å²) in [5, 5.41) is 9.58. The summed E-state index contributed by atoms with van der Waals surface area (Å²) in [7, 11) is 1.61. The maximum Gasteiger partial charge on any atom is 0.308 e. The summed E-state index contributed by atoms with van der Waals surface area (Å²) in [6.45, 7) is 2.90. The predicted octanol–water partition coefficient (Wildman–Crippen LogP) is 2.10. The molecule has 2 atom stereocenters. The third kappa shape index (κ3) is 3.11. The van der Waals surface area contributed by atoms with Crippen molar-refractivity contribution in [1.82, 2.24) is 9.97 Å². The Morgan fingerprint density at radius 1 is 1.26 bits per heavy atom. The van der Waals surface area contributed by atoms with Crippen molar-refractivity contribution < 1.29 is 14.6 Å². The van der Waals surface area contributed by atoms with Crippen LogP contribution in [0, 0.1) is 12.8 Å². The van der Waals surface area contributed by atoms with Crippen LogP contribution in [0.3, 0.4) is 0 Å². The normalized spacial score (nSPS) is 20.5. The molecule has 1 aliphatic heterocycles. The van der Waals surface area contributed by atoms with Crippen molar-refractivity contribution in [1.29, 1.82) is 0 Å². The second-order valence-corrected chi connectivity index (χ2v) is 5.69. The van der Waals surface area contributed by atoms with Gasteiger partial charge in [-0.15, -0.1) is 0 Å². The van der Waals surface area contributed by atoms with Crippen molar-refractivity contribution in [2.24, 2.45) is 5.92 Å². The number of carbonyl (C=O) groups is 1. The largest absolute Gasteiger partial charge is 0.497 e. The van der Waals surface area contributed by atoms with Gasteiger partial charge in [0, 0.05) is 25.2 Å². The minimum absolute atomic E-state index is 0.0753. The Balaban J connectivity index is 1.87. The van der Waals surface area contributed by atoms with Gasteiger partial charge in [-0.1, -0.05) is 12.1 Å². The standard InChI is InChI=1S/C17H19N3O3/c1-11-18-8-7-16(19-11)20-9-14(15(10-20)17(21)22)12-3-5-13(23-2)6-4-12/h3-8,14-15H,9-10H2,1-2H3,(H,21,22)/t14-,15?/m0/s1. The molecule has 0 saturated carbocycles. The second-order valence-electron chi connectivity index (χ2n) is 5.69. The van der Waals surface area contributed by atoms with Crippen LogP contribution in [-0.2, 0) is 4.79 Å². The van der Waals surface area contributed by atoms with Gasteiger partial charge in [-0.05, 0) is 30.7 Å². The number of carboxylic acid groups (broad SMARTS) is 1. The van der Waals surface area contributed by atoms with E-state index in [-0.39, 0.29) is 5.92 Å². The average molecular weight is 313 g/mol. The van der Waals surface area contributed by atoms with Crippen LogP contribution < -0.4 is 9.64 Å². The highest BCUT2D eigenvalue weighted by Gasteiger charge is 2.39. The van der Waals surface area contributed by atoms with Crippen LogP contribution in [0.15, 0.2) is 36.5 Å². The molecule has 0 spiro atoms. The average Bonchev–Trinajstić information content (AvgIpc) is 3.00. The van der Waals surface area contributed by atoms with E-state index in [1.165, 1.54) is 0 Å². The molecule has 120 valence electrons. The fourth-order valence-corrected chi connectivity index (χ4v) is 3.05. The number of aromatic nitrogens is 2. The Labute approximate surface area is 134 Å². The van der Waals surface area contributed by atoms with Crippen LogP contribution in [-0.4, -0.2) is 41.2 Å². The van der Waals surface area contributed by atoms with E-state index in [1.54, 1.807) is 13.3 Å². The third-order valence-electron chi connectivity index (χ3n) is 4.27. The fraction of sp³-hybridized carbons (Fsp3) is 0.353. The maximum absolute atomic E-state index is 11.7. The zero-order valence-corrected chi connectivity index (χ0v) is 13.1. The van der Waals surface area contributed by atoms with Crippen molar-refractivity contribution in [3.8, 4) is 5.75 Å². The molecule has 1 unspecified atom stereocenters. The molecule has 2 aromatic rings. The molecule has 1 aliphatic rings. The zero-order valence-electron chi connectivity index (χ0n) is 13.1. The van der Waals surface area contributed by atoms with Gasteiger partial charge < -0.3 is 14.7 Å². The Morgan fingerprint density at radius 2 is 2.00 bits per heavy atom. The van der Waals surface area contributed by atoms with Crippen LogP contribution in [0.4, 0.5) is 5.82 Å². The van der Waals surface area contributed by atoms with E-state index < -0.39 is 11.9 Å². The molecule has 23 heavy (non-hydrogen) atoms. The number of aryl methyl sites for hydroxylation is 1. The molecule has 0 aliphatic carbocycles. The topological polar surface area (TPSA) is 75.5 Å². The van der Waals surface area contributed by atoms with Crippen molar-refractivity contribution in [2.75, 3.05) is 25.1 Å². The summed E-state index contributed by atoms with van der Waals surface area (Å²) in [5.41, 5.74) is 1.01. The highest BCUT2D eigenvalue weighted by molar-refractivity contribution is 5.73. The van der Waals surface area contributed by atoms with E-state index in [2.05, 4.69) is 9.97 Å². The van der Waals surface area contributed by atoms with Crippen LogP contribution in [0.25, 0.3) is 0 Å². The second kappa shape index (κ2) is 6.24. The van der Waals surface area contributed by atoms with E-state index in [1.807, 2.05) is 42.2 Å². The number of hydrogen-bond donors (Lipinski definition) is 1. The lowest BCUT2D eigenvalue weighted by atomic mass is 9.89. The quantitative estimate of drug-likeness (QED) is 0.931. The number of ether oxygens (including phenoxy) is 1. The summed E-state index contributed by atoms with van der Waals surface area (Å²) < 4.78 is 5.17. The molecule has 1 aromatic carbocycles. The first-order chi connectivity index (χ1) is 11.1. The Kier molecular flexibility index (Phi) is 4.14. The van der Waals surface area contributed by atoms with Crippen molar-refractivity contribution in [3.63, 3.8) is 0 Å². The van der Waals surface area contributed by atoms with Crippen molar-refractivity contribution in [2.45, 2.75) is 12.8 Å². The Morgan fingerprint density at radius 3 is 2.61 bits per heavy atom. The first-order valence-electron chi connectivity index (χ1n) is 7.50. The number of nitrogens with zero attached hydrogens (tertiary/aromatic N) is 3. The number of methoxy groups -OCH3 is 1. The summed E-state index contributed by atoms with van der Waals surface area (Å²) in [4.78, 5) is 22.2. The third-order valence-corrected chi connectivity index (χ3v) is 4.27. The van der Waals surface area contributed by atoms with Crippen molar-refractivity contribution in [3.05, 3.63) is 47.9 Å². The van der Waals surface area contributed by atoms with E-state index in [9.17, 15) is 9.90 Å². The van der Waals surface area contributed by atoms with Crippen LogP contribution >= 0.6 is 0 Å². The van der Waals surface area contributed by atoms with Gasteiger partial charge >= 0.3 is 5.97 Å². The van der Waals surface area contributed by atoms with Crippen LogP contribution in [0.5, 0.6) is 5.75 Å². The summed E-state index contributed by atoms with van der Waals surface area (Å²) >= 11 is 0. The number of benzene rings is 1. The lowest BCUT2D eigenvalue weighted by Gasteiger charge is -2.17. The molecule has 1 aromatic heterocycles. The molecule has 1 fully saturated rings. The van der Waals surface area contributed by atoms with Crippen LogP contribution in [0.2, 0.25) is 0 Å². The van der Waals surface area contributed by atoms with Gasteiger partial charge in [0.05, 0.1) is 13.0 Å². The zero-order chi connectivity index (χ0) is 16.4. The molecule has 6 heteroatoms. The van der Waals surface area contributed by atoms with Gasteiger partial charge in [-0.2, -0.15) is 0 Å². The number of carboxylic acids is 1. The van der Waals surface area contributed by atoms with Gasteiger partial charge in [0.15, 0.2) is 0 Å². The van der Waals surface area contributed by atoms with E-state index in [0.29, 0.717) is 18.9 Å². The molecule has 2 heterocycles. The molecule has 3 rings (SSSR count).